The van der Waals surface area contributed by atoms with Crippen molar-refractivity contribution in [2.24, 2.45) is 0 Å². The predicted molar refractivity (Wildman–Crippen MR) is 87.3 cm³/mol. The second-order valence-electron chi connectivity index (χ2n) is 6.59. The summed E-state index contributed by atoms with van der Waals surface area (Å²) in [5.74, 6) is -1.88. The molecule has 0 radical (unpaired) electrons. The van der Waals surface area contributed by atoms with Gasteiger partial charge in [-0.2, -0.15) is 0 Å². The Balaban J connectivity index is 2.01. The third-order valence-electron chi connectivity index (χ3n) is 4.52. The van der Waals surface area contributed by atoms with Crippen LogP contribution in [-0.2, 0) is 28.5 Å². The predicted octanol–water partition coefficient (Wildman–Crippen LogP) is 3.12. The summed E-state index contributed by atoms with van der Waals surface area (Å²) >= 11 is 0. The van der Waals surface area contributed by atoms with Crippen LogP contribution in [-0.4, -0.2) is 43.1 Å². The van der Waals surface area contributed by atoms with Gasteiger partial charge in [-0.3, -0.25) is 0 Å². The van der Waals surface area contributed by atoms with E-state index < -0.39 is 29.9 Å². The highest BCUT2D eigenvalue weighted by Gasteiger charge is 2.54. The van der Waals surface area contributed by atoms with Crippen molar-refractivity contribution in [3.63, 3.8) is 0 Å². The molecule has 24 heavy (non-hydrogen) atoms. The van der Waals surface area contributed by atoms with Crippen molar-refractivity contribution in [2.45, 2.75) is 89.6 Å². The Bertz CT molecular complexity index is 384. The molecule has 0 aromatic rings. The molecule has 0 amide bonds. The number of hydrogen-bond acceptors (Lipinski definition) is 6. The largest absolute Gasteiger partial charge is 0.464 e. The third kappa shape index (κ3) is 4.93. The summed E-state index contributed by atoms with van der Waals surface area (Å²) in [7, 11) is 0. The molecule has 1 heterocycles. The molecule has 138 valence electrons. The van der Waals surface area contributed by atoms with E-state index in [0.29, 0.717) is 26.1 Å². The highest BCUT2D eigenvalue weighted by Crippen LogP contribution is 2.41. The summed E-state index contributed by atoms with van der Waals surface area (Å²) in [6.45, 7) is 4.71. The first-order valence-corrected chi connectivity index (χ1v) is 9.31. The minimum absolute atomic E-state index is 0.333. The molecular formula is C18H30O6. The first-order chi connectivity index (χ1) is 11.6. The zero-order chi connectivity index (χ0) is 17.4. The molecule has 0 bridgehead atoms. The van der Waals surface area contributed by atoms with Crippen LogP contribution in [0, 0.1) is 0 Å². The van der Waals surface area contributed by atoms with Crippen LogP contribution >= 0.6 is 0 Å². The Kier molecular flexibility index (Phi) is 7.49. The van der Waals surface area contributed by atoms with Gasteiger partial charge in [-0.15, -0.1) is 0 Å². The maximum atomic E-state index is 12.4. The minimum atomic E-state index is -1.02. The fraction of sp³-hybridized carbons (Fsp3) is 0.889. The lowest BCUT2D eigenvalue weighted by molar-refractivity contribution is -0.203. The molecule has 0 aromatic heterocycles. The Hall–Kier alpha value is -1.14. The second-order valence-corrected chi connectivity index (χ2v) is 6.59. The zero-order valence-electron chi connectivity index (χ0n) is 14.9. The summed E-state index contributed by atoms with van der Waals surface area (Å²) in [6.07, 6.45) is 5.85. The van der Waals surface area contributed by atoms with Crippen LogP contribution in [0.5, 0.6) is 0 Å². The van der Waals surface area contributed by atoms with Crippen molar-refractivity contribution >= 4 is 11.9 Å². The monoisotopic (exact) mass is 342 g/mol. The van der Waals surface area contributed by atoms with E-state index in [2.05, 4.69) is 0 Å². The summed E-state index contributed by atoms with van der Waals surface area (Å²) in [5.41, 5.74) is 0. The van der Waals surface area contributed by atoms with Gasteiger partial charge in [0.2, 0.25) is 0 Å². The molecule has 0 N–H and O–H groups in total. The molecule has 1 aliphatic heterocycles. The number of ether oxygens (including phenoxy) is 4. The summed E-state index contributed by atoms with van der Waals surface area (Å²) in [5, 5.41) is 0. The average molecular weight is 342 g/mol. The Morgan fingerprint density at radius 3 is 1.75 bits per heavy atom. The lowest BCUT2D eigenvalue weighted by Crippen LogP contribution is -2.39. The van der Waals surface area contributed by atoms with Crippen LogP contribution in [0.25, 0.3) is 0 Å². The van der Waals surface area contributed by atoms with Gasteiger partial charge in [0.15, 0.2) is 18.0 Å². The highest BCUT2D eigenvalue weighted by atomic mass is 16.8. The third-order valence-corrected chi connectivity index (χ3v) is 4.52. The van der Waals surface area contributed by atoms with Crippen LogP contribution in [0.1, 0.15) is 71.6 Å². The SMILES string of the molecule is CCCCOC(=O)[C@H]1OC2(CCCCC2)O[C@@H]1C(=O)OCCCC. The standard InChI is InChI=1S/C18H30O6/c1-3-5-12-21-16(19)14-15(17(20)22-13-6-4-2)24-18(23-14)10-8-7-9-11-18/h14-15H,3-13H2,1-2H3/t14-,15-/m0/s1. The Labute approximate surface area is 144 Å². The van der Waals surface area contributed by atoms with Gasteiger partial charge in [-0.1, -0.05) is 33.1 Å². The van der Waals surface area contributed by atoms with E-state index in [1.165, 1.54) is 0 Å². The average Bonchev–Trinajstić information content (AvgIpc) is 2.95. The Morgan fingerprint density at radius 1 is 0.875 bits per heavy atom. The number of unbranched alkanes of at least 4 members (excludes halogenated alkanes) is 2. The molecular weight excluding hydrogens is 312 g/mol. The lowest BCUT2D eigenvalue weighted by atomic mass is 9.94. The van der Waals surface area contributed by atoms with E-state index in [4.69, 9.17) is 18.9 Å². The number of carbonyl (C=O) groups is 2. The molecule has 1 saturated carbocycles. The molecule has 1 saturated heterocycles. The van der Waals surface area contributed by atoms with Crippen LogP contribution < -0.4 is 0 Å². The quantitative estimate of drug-likeness (QED) is 0.498. The zero-order valence-corrected chi connectivity index (χ0v) is 14.9. The molecule has 6 nitrogen and oxygen atoms in total. The maximum Gasteiger partial charge on any atom is 0.338 e. The van der Waals surface area contributed by atoms with Crippen molar-refractivity contribution in [3.8, 4) is 0 Å². The molecule has 1 aliphatic carbocycles. The molecule has 1 spiro atoms. The fourth-order valence-corrected chi connectivity index (χ4v) is 3.08. The van der Waals surface area contributed by atoms with Crippen molar-refractivity contribution in [1.29, 1.82) is 0 Å². The minimum Gasteiger partial charge on any atom is -0.464 e. The first kappa shape index (κ1) is 19.2. The smallest absolute Gasteiger partial charge is 0.338 e. The topological polar surface area (TPSA) is 71.1 Å². The molecule has 2 aliphatic rings. The van der Waals surface area contributed by atoms with Gasteiger partial charge in [0.25, 0.3) is 0 Å². The number of hydrogen-bond donors (Lipinski definition) is 0. The van der Waals surface area contributed by atoms with Gasteiger partial charge < -0.3 is 18.9 Å². The van der Waals surface area contributed by atoms with Gasteiger partial charge >= 0.3 is 11.9 Å². The van der Waals surface area contributed by atoms with E-state index in [-0.39, 0.29) is 0 Å². The maximum absolute atomic E-state index is 12.4. The van der Waals surface area contributed by atoms with Crippen molar-refractivity contribution < 1.29 is 28.5 Å². The van der Waals surface area contributed by atoms with E-state index in [1.807, 2.05) is 13.8 Å². The molecule has 6 heteroatoms. The first-order valence-electron chi connectivity index (χ1n) is 9.31. The fourth-order valence-electron chi connectivity index (χ4n) is 3.08. The lowest BCUT2D eigenvalue weighted by Gasteiger charge is -2.31. The van der Waals surface area contributed by atoms with Gasteiger partial charge in [-0.05, 0) is 25.7 Å². The number of carbonyl (C=O) groups excluding carboxylic acids is 2. The van der Waals surface area contributed by atoms with Crippen molar-refractivity contribution in [1.82, 2.24) is 0 Å². The van der Waals surface area contributed by atoms with Crippen molar-refractivity contribution in [2.75, 3.05) is 13.2 Å². The summed E-state index contributed by atoms with van der Waals surface area (Å²) in [4.78, 5) is 24.7. The van der Waals surface area contributed by atoms with Crippen LogP contribution in [0.15, 0.2) is 0 Å². The van der Waals surface area contributed by atoms with E-state index in [0.717, 1.165) is 44.9 Å². The van der Waals surface area contributed by atoms with E-state index in [1.54, 1.807) is 0 Å². The van der Waals surface area contributed by atoms with E-state index in [9.17, 15) is 9.59 Å². The van der Waals surface area contributed by atoms with Crippen molar-refractivity contribution in [3.05, 3.63) is 0 Å². The molecule has 0 aromatic carbocycles. The highest BCUT2D eigenvalue weighted by molar-refractivity contribution is 5.86. The van der Waals surface area contributed by atoms with Gasteiger partial charge in [0.1, 0.15) is 0 Å². The molecule has 2 fully saturated rings. The van der Waals surface area contributed by atoms with Crippen LogP contribution in [0.2, 0.25) is 0 Å². The molecule has 2 rings (SSSR count). The van der Waals surface area contributed by atoms with Crippen LogP contribution in [0.3, 0.4) is 0 Å². The molecule has 2 atom stereocenters. The number of rotatable bonds is 8. The van der Waals surface area contributed by atoms with Gasteiger partial charge in [0.05, 0.1) is 13.2 Å². The Morgan fingerprint density at radius 2 is 1.33 bits per heavy atom. The molecule has 0 unspecified atom stereocenters. The van der Waals surface area contributed by atoms with Gasteiger partial charge in [-0.25, -0.2) is 9.59 Å². The van der Waals surface area contributed by atoms with E-state index >= 15 is 0 Å². The summed E-state index contributed by atoms with van der Waals surface area (Å²) < 4.78 is 22.4. The second kappa shape index (κ2) is 9.37. The summed E-state index contributed by atoms with van der Waals surface area (Å²) in [6, 6.07) is 0. The van der Waals surface area contributed by atoms with Gasteiger partial charge in [0, 0.05) is 12.8 Å². The van der Waals surface area contributed by atoms with Crippen LogP contribution in [0.4, 0.5) is 0 Å². The number of esters is 2. The normalized spacial score (nSPS) is 25.6.